The number of aromatic nitrogens is 2. The first kappa shape index (κ1) is 29.1. The predicted molar refractivity (Wildman–Crippen MR) is 141 cm³/mol. The Morgan fingerprint density at radius 2 is 1.73 bits per heavy atom. The Morgan fingerprint density at radius 1 is 1.07 bits per heavy atom. The Labute approximate surface area is 231 Å². The lowest BCUT2D eigenvalue weighted by molar-refractivity contribution is -0.142. The van der Waals surface area contributed by atoms with Gasteiger partial charge in [0.15, 0.2) is 0 Å². The Balaban J connectivity index is 1.84. The summed E-state index contributed by atoms with van der Waals surface area (Å²) < 4.78 is 46.8. The minimum Gasteiger partial charge on any atom is -0.467 e. The van der Waals surface area contributed by atoms with Crippen LogP contribution in [0.1, 0.15) is 34.0 Å². The van der Waals surface area contributed by atoms with Crippen LogP contribution in [0, 0.1) is 6.92 Å². The highest BCUT2D eigenvalue weighted by molar-refractivity contribution is 5.96. The summed E-state index contributed by atoms with van der Waals surface area (Å²) in [7, 11) is 1.12. The molecule has 1 fully saturated rings. The summed E-state index contributed by atoms with van der Waals surface area (Å²) in [4.78, 5) is 65.3. The zero-order chi connectivity index (χ0) is 30.1. The van der Waals surface area contributed by atoms with Crippen molar-refractivity contribution >= 4 is 23.6 Å². The number of anilines is 1. The first-order valence-corrected chi connectivity index (χ1v) is 12.4. The Morgan fingerprint density at radius 3 is 2.32 bits per heavy atom. The van der Waals surface area contributed by atoms with Gasteiger partial charge in [0.1, 0.15) is 11.6 Å². The highest BCUT2D eigenvalue weighted by atomic mass is 19.4. The SMILES string of the molecule is COC(=O)C(C)NC(=O)c1cn(-c2ccc(N3CCNC3=O)cc2)c(=O)n(Cc2cccc(C(F)(F)F)c2C)c1=O. The van der Waals surface area contributed by atoms with Gasteiger partial charge in [-0.2, -0.15) is 13.2 Å². The fourth-order valence-electron chi connectivity index (χ4n) is 4.44. The molecular formula is C27H26F3N5O6. The lowest BCUT2D eigenvalue weighted by Crippen LogP contribution is -2.46. The van der Waals surface area contributed by atoms with Crippen LogP contribution in [-0.2, 0) is 22.3 Å². The number of hydrogen-bond acceptors (Lipinski definition) is 6. The maximum atomic E-state index is 13.6. The number of carbonyl (C=O) groups excluding carboxylic acids is 3. The first-order chi connectivity index (χ1) is 19.3. The molecule has 1 aromatic heterocycles. The monoisotopic (exact) mass is 573 g/mol. The van der Waals surface area contributed by atoms with Gasteiger partial charge in [-0.05, 0) is 55.3 Å². The fourth-order valence-corrected chi connectivity index (χ4v) is 4.44. The minimum absolute atomic E-state index is 0.0430. The number of halogens is 3. The molecule has 3 amide bonds. The summed E-state index contributed by atoms with van der Waals surface area (Å²) in [5, 5.41) is 5.00. The van der Waals surface area contributed by atoms with E-state index in [0.29, 0.717) is 23.3 Å². The van der Waals surface area contributed by atoms with E-state index in [1.54, 1.807) is 12.1 Å². The lowest BCUT2D eigenvalue weighted by atomic mass is 10.0. The molecule has 14 heteroatoms. The number of amides is 3. The van der Waals surface area contributed by atoms with Gasteiger partial charge in [-0.1, -0.05) is 12.1 Å². The van der Waals surface area contributed by atoms with Crippen molar-refractivity contribution in [3.8, 4) is 5.69 Å². The van der Waals surface area contributed by atoms with E-state index in [-0.39, 0.29) is 22.8 Å². The molecule has 0 spiro atoms. The quantitative estimate of drug-likeness (QED) is 0.417. The maximum absolute atomic E-state index is 13.6. The number of nitrogens with one attached hydrogen (secondary N) is 2. The number of rotatable bonds is 7. The second-order valence-corrected chi connectivity index (χ2v) is 9.29. The van der Waals surface area contributed by atoms with E-state index in [0.717, 1.165) is 30.0 Å². The molecule has 0 saturated carbocycles. The normalized spacial score (nSPS) is 14.0. The van der Waals surface area contributed by atoms with Crippen LogP contribution in [0.5, 0.6) is 0 Å². The van der Waals surface area contributed by atoms with E-state index in [4.69, 9.17) is 0 Å². The topological polar surface area (TPSA) is 132 Å². The smallest absolute Gasteiger partial charge is 0.416 e. The van der Waals surface area contributed by atoms with Gasteiger partial charge in [0, 0.05) is 25.0 Å². The number of nitrogens with zero attached hydrogens (tertiary/aromatic N) is 3. The van der Waals surface area contributed by atoms with Crippen LogP contribution in [0.2, 0.25) is 0 Å². The fraction of sp³-hybridized carbons (Fsp3) is 0.296. The Kier molecular flexibility index (Phi) is 8.03. The molecule has 4 rings (SSSR count). The number of methoxy groups -OCH3 is 1. The van der Waals surface area contributed by atoms with E-state index in [1.807, 2.05) is 0 Å². The molecule has 1 saturated heterocycles. The highest BCUT2D eigenvalue weighted by Crippen LogP contribution is 2.33. The molecule has 41 heavy (non-hydrogen) atoms. The minimum atomic E-state index is -4.66. The van der Waals surface area contributed by atoms with Crippen LogP contribution in [0.25, 0.3) is 5.69 Å². The van der Waals surface area contributed by atoms with Crippen molar-refractivity contribution < 1.29 is 32.3 Å². The molecular weight excluding hydrogens is 547 g/mol. The van der Waals surface area contributed by atoms with Crippen LogP contribution < -0.4 is 26.8 Å². The van der Waals surface area contributed by atoms with Crippen molar-refractivity contribution in [1.29, 1.82) is 0 Å². The van der Waals surface area contributed by atoms with E-state index in [9.17, 15) is 37.1 Å². The number of ether oxygens (including phenoxy) is 1. The summed E-state index contributed by atoms with van der Waals surface area (Å²) >= 11 is 0. The largest absolute Gasteiger partial charge is 0.467 e. The van der Waals surface area contributed by atoms with Crippen molar-refractivity contribution in [2.75, 3.05) is 25.1 Å². The summed E-state index contributed by atoms with van der Waals surface area (Å²) in [6, 6.07) is 8.09. The van der Waals surface area contributed by atoms with E-state index in [1.165, 1.54) is 36.9 Å². The van der Waals surface area contributed by atoms with E-state index < -0.39 is 53.0 Å². The average molecular weight is 574 g/mol. The second kappa shape index (κ2) is 11.3. The van der Waals surface area contributed by atoms with Crippen molar-refractivity contribution in [3.05, 3.63) is 91.8 Å². The molecule has 11 nitrogen and oxygen atoms in total. The van der Waals surface area contributed by atoms with Gasteiger partial charge in [0.05, 0.1) is 24.9 Å². The van der Waals surface area contributed by atoms with Gasteiger partial charge in [-0.25, -0.2) is 14.4 Å². The summed E-state index contributed by atoms with van der Waals surface area (Å²) in [5.41, 5.74) is -2.84. The second-order valence-electron chi connectivity index (χ2n) is 9.29. The van der Waals surface area contributed by atoms with Crippen molar-refractivity contribution in [1.82, 2.24) is 19.8 Å². The molecule has 1 aliphatic heterocycles. The number of alkyl halides is 3. The van der Waals surface area contributed by atoms with Crippen molar-refractivity contribution in [2.45, 2.75) is 32.6 Å². The van der Waals surface area contributed by atoms with Crippen LogP contribution in [0.15, 0.2) is 58.3 Å². The van der Waals surface area contributed by atoms with Crippen LogP contribution >= 0.6 is 0 Å². The maximum Gasteiger partial charge on any atom is 0.416 e. The van der Waals surface area contributed by atoms with Crippen LogP contribution in [0.3, 0.4) is 0 Å². The molecule has 0 bridgehead atoms. The first-order valence-electron chi connectivity index (χ1n) is 12.4. The highest BCUT2D eigenvalue weighted by Gasteiger charge is 2.33. The molecule has 0 radical (unpaired) electrons. The van der Waals surface area contributed by atoms with Crippen molar-refractivity contribution in [3.63, 3.8) is 0 Å². The van der Waals surface area contributed by atoms with E-state index >= 15 is 0 Å². The number of benzene rings is 2. The molecule has 216 valence electrons. The van der Waals surface area contributed by atoms with Gasteiger partial charge < -0.3 is 15.4 Å². The van der Waals surface area contributed by atoms with Gasteiger partial charge in [-0.15, -0.1) is 0 Å². The molecule has 2 heterocycles. The number of carbonyl (C=O) groups is 3. The molecule has 2 aromatic carbocycles. The number of hydrogen-bond donors (Lipinski definition) is 2. The van der Waals surface area contributed by atoms with E-state index in [2.05, 4.69) is 15.4 Å². The molecule has 1 unspecified atom stereocenters. The van der Waals surface area contributed by atoms with Crippen LogP contribution in [0.4, 0.5) is 23.7 Å². The lowest BCUT2D eigenvalue weighted by Gasteiger charge is -2.18. The van der Waals surface area contributed by atoms with Gasteiger partial charge >= 0.3 is 23.9 Å². The number of esters is 1. The third kappa shape index (κ3) is 5.85. The third-order valence-electron chi connectivity index (χ3n) is 6.69. The van der Waals surface area contributed by atoms with Crippen LogP contribution in [-0.4, -0.2) is 53.3 Å². The van der Waals surface area contributed by atoms with Crippen molar-refractivity contribution in [2.24, 2.45) is 0 Å². The summed E-state index contributed by atoms with van der Waals surface area (Å²) in [5.74, 6) is -1.78. The number of urea groups is 1. The van der Waals surface area contributed by atoms with Gasteiger partial charge in [0.2, 0.25) is 0 Å². The summed E-state index contributed by atoms with van der Waals surface area (Å²) in [6.07, 6.45) is -3.66. The third-order valence-corrected chi connectivity index (χ3v) is 6.69. The zero-order valence-corrected chi connectivity index (χ0v) is 22.2. The molecule has 0 aliphatic carbocycles. The standard InChI is InChI=1S/C27H26F3N5O6/c1-15-17(5-4-6-21(15)27(28,29)30)13-35-23(37)20(22(36)32-16(2)24(38)41-3)14-34(26(35)40)19-9-7-18(8-10-19)33-12-11-31-25(33)39/h4-10,14,16H,11-13H2,1-3H3,(H,31,39)(H,32,36). The summed E-state index contributed by atoms with van der Waals surface area (Å²) in [6.45, 7) is 2.89. The van der Waals surface area contributed by atoms with Gasteiger partial charge in [-0.3, -0.25) is 23.6 Å². The van der Waals surface area contributed by atoms with Gasteiger partial charge in [0.25, 0.3) is 11.5 Å². The molecule has 3 aromatic rings. The molecule has 1 aliphatic rings. The molecule has 1 atom stereocenters. The molecule has 2 N–H and O–H groups in total. The Bertz CT molecular complexity index is 1630. The average Bonchev–Trinajstić information content (AvgIpc) is 3.36. The zero-order valence-electron chi connectivity index (χ0n) is 22.2. The Hall–Kier alpha value is -4.88. The predicted octanol–water partition coefficient (Wildman–Crippen LogP) is 2.20.